The summed E-state index contributed by atoms with van der Waals surface area (Å²) in [5.74, 6) is 0.0935. The summed E-state index contributed by atoms with van der Waals surface area (Å²) in [5, 5.41) is 13.4. The minimum Gasteiger partial charge on any atom is -0.410 e. The first-order valence-corrected chi connectivity index (χ1v) is 15.4. The van der Waals surface area contributed by atoms with Crippen LogP contribution in [0.3, 0.4) is 0 Å². The van der Waals surface area contributed by atoms with Crippen molar-refractivity contribution in [2.45, 2.75) is 12.8 Å². The van der Waals surface area contributed by atoms with Gasteiger partial charge in [0.25, 0.3) is 0 Å². The Labute approximate surface area is 263 Å². The smallest absolute Gasteiger partial charge is 0.167 e. The minimum atomic E-state index is 0.0468. The number of rotatable bonds is 10. The molecule has 4 aromatic carbocycles. The van der Waals surface area contributed by atoms with E-state index in [0.29, 0.717) is 16.8 Å². The number of benzene rings is 4. The zero-order valence-electron chi connectivity index (χ0n) is 25.2. The summed E-state index contributed by atoms with van der Waals surface area (Å²) in [6.07, 6.45) is 0.558. The predicted octanol–water partition coefficient (Wildman–Crippen LogP) is 5.44. The quantitative estimate of drug-likeness (QED) is 0.112. The van der Waals surface area contributed by atoms with E-state index >= 15 is 0 Å². The molecule has 0 spiro atoms. The van der Waals surface area contributed by atoms with Crippen molar-refractivity contribution in [1.82, 2.24) is 0 Å². The van der Waals surface area contributed by atoms with Crippen molar-refractivity contribution in [2.24, 2.45) is 5.16 Å². The molecular weight excluding hydrogens is 566 g/mol. The summed E-state index contributed by atoms with van der Waals surface area (Å²) in [6.45, 7) is 6.30. The summed E-state index contributed by atoms with van der Waals surface area (Å²) in [5.41, 5.74) is 7.20. The predicted molar refractivity (Wildman–Crippen MR) is 175 cm³/mol. The van der Waals surface area contributed by atoms with Gasteiger partial charge >= 0.3 is 0 Å². The standard InChI is InChI=1S/C37H37N3O5/c41-35(29-9-13-33(14-10-29)39-17-21-44-22-18-39)25-27-1-5-31(6-2-27)37(38-43)32-7-3-28(4-8-32)26-36(42)30-11-15-34(16-12-30)40-19-23-45-24-20-40/h1-16,43H,17-26H2. The largest absolute Gasteiger partial charge is 0.410 e. The van der Waals surface area contributed by atoms with Crippen molar-refractivity contribution in [3.8, 4) is 0 Å². The third-order valence-electron chi connectivity index (χ3n) is 8.42. The van der Waals surface area contributed by atoms with E-state index in [9.17, 15) is 14.8 Å². The number of hydrogen-bond acceptors (Lipinski definition) is 8. The summed E-state index contributed by atoms with van der Waals surface area (Å²) in [7, 11) is 0. The second-order valence-corrected chi connectivity index (χ2v) is 11.3. The highest BCUT2D eigenvalue weighted by atomic mass is 16.5. The Balaban J connectivity index is 1.04. The molecule has 1 N–H and O–H groups in total. The molecule has 45 heavy (non-hydrogen) atoms. The van der Waals surface area contributed by atoms with Crippen LogP contribution in [-0.4, -0.2) is 75.1 Å². The molecule has 2 heterocycles. The number of nitrogens with zero attached hydrogens (tertiary/aromatic N) is 3. The van der Waals surface area contributed by atoms with Gasteiger partial charge in [0, 0.05) is 72.6 Å². The van der Waals surface area contributed by atoms with Crippen LogP contribution in [0.15, 0.2) is 102 Å². The molecule has 2 fully saturated rings. The van der Waals surface area contributed by atoms with E-state index in [-0.39, 0.29) is 24.4 Å². The molecule has 0 bridgehead atoms. The topological polar surface area (TPSA) is 91.7 Å². The summed E-state index contributed by atoms with van der Waals surface area (Å²) in [4.78, 5) is 30.4. The van der Waals surface area contributed by atoms with Crippen molar-refractivity contribution in [1.29, 1.82) is 0 Å². The van der Waals surface area contributed by atoms with Gasteiger partial charge < -0.3 is 24.5 Å². The Morgan fingerprint density at radius 3 is 1.20 bits per heavy atom. The Morgan fingerprint density at radius 2 is 0.867 bits per heavy atom. The number of anilines is 2. The van der Waals surface area contributed by atoms with Gasteiger partial charge in [-0.05, 0) is 59.7 Å². The molecule has 230 valence electrons. The molecule has 0 atom stereocenters. The van der Waals surface area contributed by atoms with Crippen LogP contribution in [0.2, 0.25) is 0 Å². The number of ketones is 2. The maximum absolute atomic E-state index is 13.0. The number of oxime groups is 1. The number of ether oxygens (including phenoxy) is 2. The van der Waals surface area contributed by atoms with Gasteiger partial charge in [-0.15, -0.1) is 0 Å². The fraction of sp³-hybridized carbons (Fsp3) is 0.270. The van der Waals surface area contributed by atoms with Crippen LogP contribution in [0.5, 0.6) is 0 Å². The Hall–Kier alpha value is -4.79. The van der Waals surface area contributed by atoms with Crippen LogP contribution in [0.25, 0.3) is 0 Å². The second-order valence-electron chi connectivity index (χ2n) is 11.3. The molecule has 2 aliphatic rings. The van der Waals surface area contributed by atoms with E-state index < -0.39 is 0 Å². The normalized spacial score (nSPS) is 15.0. The zero-order chi connectivity index (χ0) is 31.0. The van der Waals surface area contributed by atoms with E-state index in [4.69, 9.17) is 9.47 Å². The van der Waals surface area contributed by atoms with E-state index in [2.05, 4.69) is 15.0 Å². The lowest BCUT2D eigenvalue weighted by Gasteiger charge is -2.28. The zero-order valence-corrected chi connectivity index (χ0v) is 25.2. The number of carbonyl (C=O) groups excluding carboxylic acids is 2. The van der Waals surface area contributed by atoms with Gasteiger partial charge in [0.2, 0.25) is 0 Å². The van der Waals surface area contributed by atoms with Crippen molar-refractivity contribution in [3.05, 3.63) is 130 Å². The molecule has 2 aliphatic heterocycles. The molecular formula is C37H37N3O5. The van der Waals surface area contributed by atoms with Crippen LogP contribution in [-0.2, 0) is 22.3 Å². The van der Waals surface area contributed by atoms with Gasteiger partial charge in [-0.3, -0.25) is 9.59 Å². The van der Waals surface area contributed by atoms with Gasteiger partial charge in [-0.1, -0.05) is 53.7 Å². The van der Waals surface area contributed by atoms with Gasteiger partial charge in [0.15, 0.2) is 11.6 Å². The first-order valence-electron chi connectivity index (χ1n) is 15.4. The molecule has 2 saturated heterocycles. The SMILES string of the molecule is O=C(Cc1ccc(C(=NO)c2ccc(CC(=O)c3ccc(N4CCOCC4)cc3)cc2)cc1)c1ccc(N2CCOCC2)cc1. The number of Topliss-reactive ketones (excluding diaryl/α,β-unsaturated/α-hetero) is 2. The monoisotopic (exact) mass is 603 g/mol. The van der Waals surface area contributed by atoms with Crippen LogP contribution < -0.4 is 9.80 Å². The molecule has 6 rings (SSSR count). The lowest BCUT2D eigenvalue weighted by molar-refractivity contribution is 0.0984. The molecule has 0 aliphatic carbocycles. The molecule has 0 amide bonds. The fourth-order valence-electron chi connectivity index (χ4n) is 5.78. The summed E-state index contributed by atoms with van der Waals surface area (Å²) in [6, 6.07) is 30.5. The maximum Gasteiger partial charge on any atom is 0.167 e. The van der Waals surface area contributed by atoms with Crippen LogP contribution in [0.4, 0.5) is 11.4 Å². The van der Waals surface area contributed by atoms with Gasteiger partial charge in [-0.2, -0.15) is 0 Å². The molecule has 8 heteroatoms. The van der Waals surface area contributed by atoms with Crippen LogP contribution in [0.1, 0.15) is 43.0 Å². The lowest BCUT2D eigenvalue weighted by Crippen LogP contribution is -2.36. The Bertz CT molecular complexity index is 1500. The molecule has 0 unspecified atom stereocenters. The number of carbonyl (C=O) groups is 2. The minimum absolute atomic E-state index is 0.0468. The maximum atomic E-state index is 13.0. The Morgan fingerprint density at radius 1 is 0.533 bits per heavy atom. The van der Waals surface area contributed by atoms with E-state index in [1.165, 1.54) is 0 Å². The lowest BCUT2D eigenvalue weighted by atomic mass is 9.96. The second kappa shape index (κ2) is 14.3. The van der Waals surface area contributed by atoms with Crippen molar-refractivity contribution in [2.75, 3.05) is 62.4 Å². The summed E-state index contributed by atoms with van der Waals surface area (Å²) >= 11 is 0. The Kier molecular flexibility index (Phi) is 9.63. The highest BCUT2D eigenvalue weighted by Gasteiger charge is 2.15. The highest BCUT2D eigenvalue weighted by molar-refractivity contribution is 6.12. The van der Waals surface area contributed by atoms with E-state index in [0.717, 1.165) is 86.2 Å². The number of hydrogen-bond donors (Lipinski definition) is 1. The van der Waals surface area contributed by atoms with Crippen molar-refractivity contribution in [3.63, 3.8) is 0 Å². The summed E-state index contributed by atoms with van der Waals surface area (Å²) < 4.78 is 10.8. The highest BCUT2D eigenvalue weighted by Crippen LogP contribution is 2.21. The van der Waals surface area contributed by atoms with Crippen molar-refractivity contribution >= 4 is 28.7 Å². The molecule has 0 radical (unpaired) electrons. The first kappa shape index (κ1) is 30.2. The fourth-order valence-corrected chi connectivity index (χ4v) is 5.78. The van der Waals surface area contributed by atoms with Crippen molar-refractivity contribution < 1.29 is 24.3 Å². The average molecular weight is 604 g/mol. The average Bonchev–Trinajstić information content (AvgIpc) is 3.11. The van der Waals surface area contributed by atoms with Gasteiger partial charge in [0.05, 0.1) is 26.4 Å². The molecule has 8 nitrogen and oxygen atoms in total. The third kappa shape index (κ3) is 7.48. The number of morpholine rings is 2. The van der Waals surface area contributed by atoms with E-state index in [1.807, 2.05) is 97.1 Å². The van der Waals surface area contributed by atoms with E-state index in [1.54, 1.807) is 0 Å². The molecule has 0 aromatic heterocycles. The van der Waals surface area contributed by atoms with Gasteiger partial charge in [-0.25, -0.2) is 0 Å². The van der Waals surface area contributed by atoms with Gasteiger partial charge in [0.1, 0.15) is 5.71 Å². The first-order chi connectivity index (χ1) is 22.1. The molecule has 4 aromatic rings. The molecule has 0 saturated carbocycles. The van der Waals surface area contributed by atoms with Crippen LogP contribution >= 0.6 is 0 Å². The van der Waals surface area contributed by atoms with Crippen LogP contribution in [0, 0.1) is 0 Å². The third-order valence-corrected chi connectivity index (χ3v) is 8.42.